The molecule has 0 aliphatic heterocycles. The summed E-state index contributed by atoms with van der Waals surface area (Å²) < 4.78 is 40.4. The predicted octanol–water partition coefficient (Wildman–Crippen LogP) is 3.07. The molecule has 0 saturated heterocycles. The molecule has 0 amide bonds. The number of aliphatic hydroxyl groups is 2. The summed E-state index contributed by atoms with van der Waals surface area (Å²) in [6.45, 7) is -0.264. The smallest absolute Gasteiger partial charge is 0.297 e. The Morgan fingerprint density at radius 2 is 1.52 bits per heavy atom. The number of benzene rings is 3. The first-order chi connectivity index (χ1) is 14.9. The molecule has 3 rings (SSSR count). The Balaban J connectivity index is 1.64. The van der Waals surface area contributed by atoms with Gasteiger partial charge in [0.25, 0.3) is 10.1 Å². The summed E-state index contributed by atoms with van der Waals surface area (Å²) >= 11 is 0. The van der Waals surface area contributed by atoms with Gasteiger partial charge < -0.3 is 19.7 Å². The van der Waals surface area contributed by atoms with Crippen LogP contribution in [0, 0.1) is 0 Å². The van der Waals surface area contributed by atoms with Crippen molar-refractivity contribution in [3.05, 3.63) is 90.0 Å². The zero-order valence-electron chi connectivity index (χ0n) is 16.9. The van der Waals surface area contributed by atoms with E-state index in [1.165, 1.54) is 25.3 Å². The molecule has 0 saturated carbocycles. The van der Waals surface area contributed by atoms with Crippen LogP contribution >= 0.6 is 0 Å². The van der Waals surface area contributed by atoms with E-state index in [0.29, 0.717) is 23.7 Å². The van der Waals surface area contributed by atoms with E-state index in [-0.39, 0.29) is 4.90 Å². The third kappa shape index (κ3) is 6.05. The van der Waals surface area contributed by atoms with Crippen molar-refractivity contribution in [1.29, 1.82) is 0 Å². The Bertz CT molecular complexity index is 1070. The zero-order valence-corrected chi connectivity index (χ0v) is 17.7. The third-order valence-corrected chi connectivity index (χ3v) is 5.85. The standard InChI is InChI=1S/C23H24O7S/c1-28-22-14-18(12-13-21(22)29-15-17-8-4-2-5-9-17)23(25)20(24)16-30-31(26,27)19-10-6-3-7-11-19/h2-14,20,23-25H,15-16H2,1H3/t20-,23-/m0/s1. The average molecular weight is 445 g/mol. The predicted molar refractivity (Wildman–Crippen MR) is 114 cm³/mol. The highest BCUT2D eigenvalue weighted by Crippen LogP contribution is 2.32. The molecule has 8 heteroatoms. The first-order valence-electron chi connectivity index (χ1n) is 9.56. The summed E-state index contributed by atoms with van der Waals surface area (Å²) in [6, 6.07) is 21.9. The molecular formula is C23H24O7S. The molecule has 0 radical (unpaired) electrons. The third-order valence-electron chi connectivity index (χ3n) is 4.56. The molecule has 0 unspecified atom stereocenters. The first kappa shape index (κ1) is 22.8. The molecule has 0 aromatic heterocycles. The second-order valence-electron chi connectivity index (χ2n) is 6.75. The normalized spacial score (nSPS) is 13.4. The molecule has 2 N–H and O–H groups in total. The van der Waals surface area contributed by atoms with Crippen LogP contribution in [0.2, 0.25) is 0 Å². The molecule has 31 heavy (non-hydrogen) atoms. The van der Waals surface area contributed by atoms with Crippen LogP contribution in [0.3, 0.4) is 0 Å². The minimum atomic E-state index is -4.04. The van der Waals surface area contributed by atoms with E-state index in [0.717, 1.165) is 5.56 Å². The monoisotopic (exact) mass is 444 g/mol. The van der Waals surface area contributed by atoms with Crippen LogP contribution in [-0.4, -0.2) is 38.5 Å². The van der Waals surface area contributed by atoms with Crippen molar-refractivity contribution in [3.8, 4) is 11.5 Å². The van der Waals surface area contributed by atoms with Crippen LogP contribution in [-0.2, 0) is 20.9 Å². The fraction of sp³-hybridized carbons (Fsp3) is 0.217. The molecule has 3 aromatic rings. The van der Waals surface area contributed by atoms with Gasteiger partial charge in [-0.15, -0.1) is 0 Å². The second-order valence-corrected chi connectivity index (χ2v) is 8.36. The van der Waals surface area contributed by atoms with Crippen LogP contribution in [0.15, 0.2) is 83.8 Å². The number of hydrogen-bond donors (Lipinski definition) is 2. The van der Waals surface area contributed by atoms with E-state index in [9.17, 15) is 18.6 Å². The number of hydrogen-bond acceptors (Lipinski definition) is 7. The molecule has 0 aliphatic carbocycles. The maximum Gasteiger partial charge on any atom is 0.297 e. The van der Waals surface area contributed by atoms with Crippen molar-refractivity contribution in [2.24, 2.45) is 0 Å². The van der Waals surface area contributed by atoms with Crippen LogP contribution in [0.1, 0.15) is 17.2 Å². The van der Waals surface area contributed by atoms with E-state index in [2.05, 4.69) is 0 Å². The van der Waals surface area contributed by atoms with E-state index < -0.39 is 28.9 Å². The summed E-state index contributed by atoms with van der Waals surface area (Å²) in [5, 5.41) is 20.7. The van der Waals surface area contributed by atoms with E-state index in [1.807, 2.05) is 30.3 Å². The van der Waals surface area contributed by atoms with E-state index >= 15 is 0 Å². The highest BCUT2D eigenvalue weighted by molar-refractivity contribution is 7.86. The summed E-state index contributed by atoms with van der Waals surface area (Å²) in [7, 11) is -2.57. The minimum Gasteiger partial charge on any atom is -0.493 e. The quantitative estimate of drug-likeness (QED) is 0.463. The zero-order chi connectivity index (χ0) is 22.3. The van der Waals surface area contributed by atoms with Gasteiger partial charge in [0.15, 0.2) is 11.5 Å². The Hall–Kier alpha value is -2.91. The molecule has 0 heterocycles. The lowest BCUT2D eigenvalue weighted by Gasteiger charge is -2.19. The van der Waals surface area contributed by atoms with Gasteiger partial charge in [0.2, 0.25) is 0 Å². The Kier molecular flexibility index (Phi) is 7.64. The lowest BCUT2D eigenvalue weighted by atomic mass is 10.0. The highest BCUT2D eigenvalue weighted by Gasteiger charge is 2.24. The second kappa shape index (κ2) is 10.4. The van der Waals surface area contributed by atoms with Crippen molar-refractivity contribution < 1.29 is 32.3 Å². The molecule has 7 nitrogen and oxygen atoms in total. The van der Waals surface area contributed by atoms with Crippen LogP contribution in [0.25, 0.3) is 0 Å². The van der Waals surface area contributed by atoms with E-state index in [4.69, 9.17) is 13.7 Å². The van der Waals surface area contributed by atoms with Gasteiger partial charge in [-0.05, 0) is 35.4 Å². The SMILES string of the molecule is COc1cc([C@H](O)[C@@H](O)COS(=O)(=O)c2ccccc2)ccc1OCc1ccccc1. The number of rotatable bonds is 10. The summed E-state index contributed by atoms with van der Waals surface area (Å²) in [5.41, 5.74) is 1.32. The van der Waals surface area contributed by atoms with E-state index in [1.54, 1.807) is 30.3 Å². The summed E-state index contributed by atoms with van der Waals surface area (Å²) in [4.78, 5) is -0.0294. The molecule has 2 atom stereocenters. The maximum atomic E-state index is 12.2. The minimum absolute atomic E-state index is 0.0294. The lowest BCUT2D eigenvalue weighted by molar-refractivity contribution is -0.00773. The maximum absolute atomic E-state index is 12.2. The Morgan fingerprint density at radius 1 is 0.871 bits per heavy atom. The number of methoxy groups -OCH3 is 1. The Morgan fingerprint density at radius 3 is 2.16 bits per heavy atom. The molecule has 0 spiro atoms. The molecule has 0 fully saturated rings. The average Bonchev–Trinajstić information content (AvgIpc) is 2.82. The van der Waals surface area contributed by atoms with Gasteiger partial charge in [-0.2, -0.15) is 8.42 Å². The summed E-state index contributed by atoms with van der Waals surface area (Å²) in [5.74, 6) is 0.845. The van der Waals surface area contributed by atoms with Gasteiger partial charge >= 0.3 is 0 Å². The van der Waals surface area contributed by atoms with Crippen molar-refractivity contribution >= 4 is 10.1 Å². The van der Waals surface area contributed by atoms with Crippen molar-refractivity contribution in [1.82, 2.24) is 0 Å². The van der Waals surface area contributed by atoms with Crippen LogP contribution in [0.5, 0.6) is 11.5 Å². The highest BCUT2D eigenvalue weighted by atomic mass is 32.2. The molecule has 164 valence electrons. The summed E-state index contributed by atoms with van der Waals surface area (Å²) in [6.07, 6.45) is -2.86. The van der Waals surface area contributed by atoms with Gasteiger partial charge in [-0.1, -0.05) is 54.6 Å². The number of ether oxygens (including phenoxy) is 2. The largest absolute Gasteiger partial charge is 0.493 e. The van der Waals surface area contributed by atoms with Crippen molar-refractivity contribution in [2.45, 2.75) is 23.7 Å². The molecule has 0 aliphatic rings. The van der Waals surface area contributed by atoms with Gasteiger partial charge in [0, 0.05) is 0 Å². The van der Waals surface area contributed by atoms with Gasteiger partial charge in [0.05, 0.1) is 18.6 Å². The fourth-order valence-electron chi connectivity index (χ4n) is 2.85. The van der Waals surface area contributed by atoms with Gasteiger partial charge in [0.1, 0.15) is 18.8 Å². The first-order valence-corrected chi connectivity index (χ1v) is 11.0. The lowest BCUT2D eigenvalue weighted by Crippen LogP contribution is -2.26. The molecular weight excluding hydrogens is 420 g/mol. The van der Waals surface area contributed by atoms with Crippen molar-refractivity contribution in [3.63, 3.8) is 0 Å². The Labute approximate surface area is 181 Å². The van der Waals surface area contributed by atoms with Crippen LogP contribution < -0.4 is 9.47 Å². The van der Waals surface area contributed by atoms with Crippen LogP contribution in [0.4, 0.5) is 0 Å². The topological polar surface area (TPSA) is 102 Å². The van der Waals surface area contributed by atoms with Gasteiger partial charge in [-0.3, -0.25) is 4.18 Å². The van der Waals surface area contributed by atoms with Gasteiger partial charge in [-0.25, -0.2) is 0 Å². The number of aliphatic hydroxyl groups excluding tert-OH is 2. The molecule has 3 aromatic carbocycles. The van der Waals surface area contributed by atoms with Crippen molar-refractivity contribution in [2.75, 3.05) is 13.7 Å². The molecule has 0 bridgehead atoms. The fourth-order valence-corrected chi connectivity index (χ4v) is 3.80.